The maximum atomic E-state index is 13.1. The fraction of sp³-hybridized carbons (Fsp3) is 0.348. The predicted octanol–water partition coefficient (Wildman–Crippen LogP) is 3.85. The Morgan fingerprint density at radius 2 is 1.67 bits per heavy atom. The summed E-state index contributed by atoms with van der Waals surface area (Å²) in [5.74, 6) is -0.119. The second-order valence-corrected chi connectivity index (χ2v) is 12.4. The van der Waals surface area contributed by atoms with Gasteiger partial charge in [0.1, 0.15) is 17.2 Å². The summed E-state index contributed by atoms with van der Waals surface area (Å²) in [5, 5.41) is 15.0. The summed E-state index contributed by atoms with van der Waals surface area (Å²) < 4.78 is 5.18. The second-order valence-electron chi connectivity index (χ2n) is 8.22. The average molecular weight is 426 g/mol. The van der Waals surface area contributed by atoms with Gasteiger partial charge in [-0.05, 0) is 78.5 Å². The van der Waals surface area contributed by atoms with E-state index < -0.39 is 27.4 Å². The minimum atomic E-state index is -1.01. The summed E-state index contributed by atoms with van der Waals surface area (Å²) in [7, 11) is 0.709. The molecule has 1 fully saturated rings. The molecular formula is C23H27N3O3S. The zero-order chi connectivity index (χ0) is 21.9. The Kier molecular flexibility index (Phi) is 6.09. The Balaban J connectivity index is 1.82. The van der Waals surface area contributed by atoms with Gasteiger partial charge < -0.3 is 15.4 Å². The SMILES string of the molecule is COc1ccc(C(NC(=O)C2(C#N)CC2)C(=O)Nc2ccc(S(C)(C)C)cc2)cc1. The number of nitrogens with one attached hydrogen (secondary N) is 2. The van der Waals surface area contributed by atoms with Gasteiger partial charge in [0.05, 0.1) is 13.2 Å². The van der Waals surface area contributed by atoms with Gasteiger partial charge in [-0.25, -0.2) is 10.0 Å². The highest BCUT2D eigenvalue weighted by Gasteiger charge is 2.51. The molecule has 2 aromatic rings. The number of carbonyl (C=O) groups is 2. The van der Waals surface area contributed by atoms with E-state index >= 15 is 0 Å². The Hall–Kier alpha value is -2.98. The molecule has 2 N–H and O–H groups in total. The van der Waals surface area contributed by atoms with Crippen molar-refractivity contribution in [1.82, 2.24) is 5.32 Å². The van der Waals surface area contributed by atoms with Crippen LogP contribution < -0.4 is 15.4 Å². The van der Waals surface area contributed by atoms with Crippen LogP contribution in [0.2, 0.25) is 0 Å². The number of hydrogen-bond acceptors (Lipinski definition) is 4. The first-order chi connectivity index (χ1) is 14.2. The van der Waals surface area contributed by atoms with Gasteiger partial charge >= 0.3 is 0 Å². The highest BCUT2D eigenvalue weighted by atomic mass is 32.3. The molecule has 1 atom stereocenters. The molecule has 1 saturated carbocycles. The normalized spacial score (nSPS) is 16.0. The van der Waals surface area contributed by atoms with Crippen LogP contribution in [0.1, 0.15) is 24.4 Å². The van der Waals surface area contributed by atoms with E-state index in [1.165, 1.54) is 4.90 Å². The molecule has 0 aromatic heterocycles. The highest BCUT2D eigenvalue weighted by Crippen LogP contribution is 2.46. The third kappa shape index (κ3) is 4.77. The molecule has 0 spiro atoms. The lowest BCUT2D eigenvalue weighted by molar-refractivity contribution is -0.129. The molecule has 0 saturated heterocycles. The molecule has 0 heterocycles. The van der Waals surface area contributed by atoms with Gasteiger partial charge in [0.15, 0.2) is 0 Å². The van der Waals surface area contributed by atoms with Crippen molar-refractivity contribution < 1.29 is 14.3 Å². The maximum Gasteiger partial charge on any atom is 0.251 e. The Morgan fingerprint density at radius 3 is 2.13 bits per heavy atom. The number of rotatable bonds is 7. The molecule has 6 nitrogen and oxygen atoms in total. The number of hydrogen-bond donors (Lipinski definition) is 2. The molecule has 1 aliphatic carbocycles. The number of nitriles is 1. The van der Waals surface area contributed by atoms with Crippen LogP contribution in [0.5, 0.6) is 5.75 Å². The first-order valence-electron chi connectivity index (χ1n) is 9.64. The van der Waals surface area contributed by atoms with Crippen LogP contribution >= 0.6 is 10.0 Å². The molecular weight excluding hydrogens is 398 g/mol. The molecule has 7 heteroatoms. The van der Waals surface area contributed by atoms with Crippen molar-refractivity contribution in [3.8, 4) is 11.8 Å². The van der Waals surface area contributed by atoms with E-state index in [0.717, 1.165) is 0 Å². The highest BCUT2D eigenvalue weighted by molar-refractivity contribution is 8.32. The van der Waals surface area contributed by atoms with E-state index in [4.69, 9.17) is 4.74 Å². The van der Waals surface area contributed by atoms with Crippen LogP contribution in [0.25, 0.3) is 0 Å². The summed E-state index contributed by atoms with van der Waals surface area (Å²) in [4.78, 5) is 27.0. The van der Waals surface area contributed by atoms with Crippen LogP contribution in [0, 0.1) is 16.7 Å². The maximum absolute atomic E-state index is 13.1. The molecule has 0 bridgehead atoms. The lowest BCUT2D eigenvalue weighted by atomic mass is 10.0. The van der Waals surface area contributed by atoms with Gasteiger partial charge in [-0.15, -0.1) is 0 Å². The first-order valence-corrected chi connectivity index (χ1v) is 12.5. The quantitative estimate of drug-likeness (QED) is 0.705. The fourth-order valence-corrected chi connectivity index (χ4v) is 3.99. The second kappa shape index (κ2) is 8.41. The van der Waals surface area contributed by atoms with Crippen LogP contribution in [0.4, 0.5) is 5.69 Å². The summed E-state index contributed by atoms with van der Waals surface area (Å²) in [6.07, 6.45) is 7.65. The van der Waals surface area contributed by atoms with Crippen molar-refractivity contribution in [2.24, 2.45) is 5.41 Å². The van der Waals surface area contributed by atoms with Crippen molar-refractivity contribution in [2.45, 2.75) is 23.8 Å². The van der Waals surface area contributed by atoms with E-state index in [1.807, 2.05) is 24.3 Å². The van der Waals surface area contributed by atoms with E-state index in [9.17, 15) is 14.9 Å². The van der Waals surface area contributed by atoms with Gasteiger partial charge in [0, 0.05) is 5.69 Å². The zero-order valence-corrected chi connectivity index (χ0v) is 18.5. The topological polar surface area (TPSA) is 91.2 Å². The van der Waals surface area contributed by atoms with Crippen molar-refractivity contribution in [3.63, 3.8) is 0 Å². The zero-order valence-electron chi connectivity index (χ0n) is 17.7. The molecule has 1 aliphatic rings. The minimum Gasteiger partial charge on any atom is -0.497 e. The van der Waals surface area contributed by atoms with Crippen molar-refractivity contribution in [1.29, 1.82) is 5.26 Å². The average Bonchev–Trinajstić information content (AvgIpc) is 3.53. The molecule has 2 amide bonds. The minimum absolute atomic E-state index is 0.363. The van der Waals surface area contributed by atoms with Gasteiger partial charge in [0.25, 0.3) is 5.91 Å². The van der Waals surface area contributed by atoms with E-state index in [0.29, 0.717) is 29.8 Å². The van der Waals surface area contributed by atoms with Gasteiger partial charge in [-0.1, -0.05) is 12.1 Å². The van der Waals surface area contributed by atoms with Gasteiger partial charge in [0.2, 0.25) is 5.91 Å². The van der Waals surface area contributed by atoms with Crippen molar-refractivity contribution >= 4 is 27.5 Å². The largest absolute Gasteiger partial charge is 0.497 e. The Morgan fingerprint density at radius 1 is 1.07 bits per heavy atom. The molecule has 2 aromatic carbocycles. The number of amides is 2. The summed E-state index contributed by atoms with van der Waals surface area (Å²) in [6, 6.07) is 15.9. The molecule has 1 unspecified atom stereocenters. The summed E-state index contributed by atoms with van der Waals surface area (Å²) in [6.45, 7) is 0. The molecule has 158 valence electrons. The van der Waals surface area contributed by atoms with E-state index in [1.54, 1.807) is 31.4 Å². The number of benzene rings is 2. The van der Waals surface area contributed by atoms with Crippen LogP contribution in [-0.2, 0) is 9.59 Å². The summed E-state index contributed by atoms with van der Waals surface area (Å²) >= 11 is 0. The molecule has 3 rings (SSSR count). The van der Waals surface area contributed by atoms with Gasteiger partial charge in [-0.3, -0.25) is 9.59 Å². The van der Waals surface area contributed by atoms with Crippen LogP contribution in [0.3, 0.4) is 0 Å². The predicted molar refractivity (Wildman–Crippen MR) is 120 cm³/mol. The number of anilines is 1. The third-order valence-corrected chi connectivity index (χ3v) is 6.90. The van der Waals surface area contributed by atoms with Crippen molar-refractivity contribution in [2.75, 3.05) is 31.2 Å². The van der Waals surface area contributed by atoms with Crippen molar-refractivity contribution in [3.05, 3.63) is 54.1 Å². The van der Waals surface area contributed by atoms with E-state index in [-0.39, 0.29) is 5.91 Å². The Labute approximate surface area is 178 Å². The number of methoxy groups -OCH3 is 1. The number of nitrogens with zero attached hydrogens (tertiary/aromatic N) is 1. The van der Waals surface area contributed by atoms with Crippen LogP contribution in [-0.4, -0.2) is 37.7 Å². The first kappa shape index (κ1) is 21.7. The summed E-state index contributed by atoms with van der Waals surface area (Å²) in [5.41, 5.74) is 0.259. The molecule has 0 radical (unpaired) electrons. The van der Waals surface area contributed by atoms with Crippen LogP contribution in [0.15, 0.2) is 53.4 Å². The standard InChI is InChI=1S/C23H27N3O3S/c1-29-18-9-5-16(6-10-18)20(26-22(28)23(15-24)13-14-23)21(27)25-17-7-11-19(12-8-17)30(2,3)4/h5-12,20H,13-14H2,1-4H3,(H,25,27)(H,26,28). The lowest BCUT2D eigenvalue weighted by Gasteiger charge is -2.26. The molecule has 0 aliphatic heterocycles. The fourth-order valence-electron chi connectivity index (χ4n) is 3.04. The smallest absolute Gasteiger partial charge is 0.251 e. The van der Waals surface area contributed by atoms with E-state index in [2.05, 4.69) is 35.5 Å². The third-order valence-electron chi connectivity index (χ3n) is 5.21. The Bertz CT molecular complexity index is 969. The number of ether oxygens (including phenoxy) is 1. The number of carbonyl (C=O) groups excluding carboxylic acids is 2. The monoisotopic (exact) mass is 425 g/mol. The lowest BCUT2D eigenvalue weighted by Crippen LogP contribution is -2.40. The van der Waals surface area contributed by atoms with Gasteiger partial charge in [-0.2, -0.15) is 5.26 Å². The molecule has 30 heavy (non-hydrogen) atoms.